The number of aliphatic hydroxyl groups excluding tert-OH is 1. The molecule has 3 atom stereocenters. The minimum atomic E-state index is -1.68. The zero-order valence-corrected chi connectivity index (χ0v) is 33.2. The van der Waals surface area contributed by atoms with Gasteiger partial charge < -0.3 is 30.3 Å². The molecule has 300 valence electrons. The SMILES string of the molecule is C=N/C(=N\C=C(/C)c1ccc(OCCCCCCC)cc1)c1ccc(C[C@H](NC(=O)c2ccc(OC(C)C)cc2)C(=O)NC(C(=O)O)C(O)c2ccccc2)cc1. The van der Waals surface area contributed by atoms with Gasteiger partial charge in [0.1, 0.15) is 23.6 Å². The molecule has 0 heterocycles. The van der Waals surface area contributed by atoms with Gasteiger partial charge in [0, 0.05) is 23.7 Å². The number of carbonyl (C=O) groups is 3. The number of benzene rings is 4. The van der Waals surface area contributed by atoms with Crippen molar-refractivity contribution in [1.29, 1.82) is 0 Å². The molecular formula is C46H54N4O7. The number of hydrogen-bond donors (Lipinski definition) is 4. The molecule has 0 bridgehead atoms. The van der Waals surface area contributed by atoms with E-state index in [0.29, 0.717) is 34.9 Å². The Labute approximate surface area is 335 Å². The fourth-order valence-electron chi connectivity index (χ4n) is 5.95. The zero-order valence-electron chi connectivity index (χ0n) is 33.2. The summed E-state index contributed by atoms with van der Waals surface area (Å²) in [6.07, 6.45) is 6.05. The molecule has 4 N–H and O–H groups in total. The van der Waals surface area contributed by atoms with Gasteiger partial charge in [-0.15, -0.1) is 0 Å². The molecule has 11 nitrogen and oxygen atoms in total. The van der Waals surface area contributed by atoms with Gasteiger partial charge in [0.05, 0.1) is 12.7 Å². The molecule has 4 aromatic rings. The Morgan fingerprint density at radius 3 is 2.02 bits per heavy atom. The van der Waals surface area contributed by atoms with Crippen molar-refractivity contribution in [2.45, 2.75) is 90.5 Å². The Kier molecular flexibility index (Phi) is 17.2. The maximum atomic E-state index is 13.8. The molecule has 0 radical (unpaired) electrons. The summed E-state index contributed by atoms with van der Waals surface area (Å²) in [5.41, 5.74) is 3.83. The summed E-state index contributed by atoms with van der Waals surface area (Å²) in [7, 11) is 0. The zero-order chi connectivity index (χ0) is 41.2. The van der Waals surface area contributed by atoms with E-state index in [4.69, 9.17) is 9.47 Å². The third-order valence-electron chi connectivity index (χ3n) is 9.14. The van der Waals surface area contributed by atoms with Gasteiger partial charge in [0.15, 0.2) is 11.9 Å². The molecule has 0 spiro atoms. The summed E-state index contributed by atoms with van der Waals surface area (Å²) >= 11 is 0. The van der Waals surface area contributed by atoms with Crippen LogP contribution >= 0.6 is 0 Å². The molecular weight excluding hydrogens is 721 g/mol. The van der Waals surface area contributed by atoms with Crippen LogP contribution in [0.5, 0.6) is 11.5 Å². The summed E-state index contributed by atoms with van der Waals surface area (Å²) < 4.78 is 11.6. The van der Waals surface area contributed by atoms with E-state index in [2.05, 4.69) is 34.3 Å². The molecule has 57 heavy (non-hydrogen) atoms. The first kappa shape index (κ1) is 43.7. The number of aliphatic hydroxyl groups is 1. The molecule has 2 amide bonds. The topological polar surface area (TPSA) is 159 Å². The minimum Gasteiger partial charge on any atom is -0.494 e. The quantitative estimate of drug-likeness (QED) is 0.0380. The van der Waals surface area contributed by atoms with Crippen molar-refractivity contribution < 1.29 is 34.1 Å². The maximum Gasteiger partial charge on any atom is 0.329 e. The average molecular weight is 775 g/mol. The Bertz CT molecular complexity index is 1960. The third kappa shape index (κ3) is 13.9. The van der Waals surface area contributed by atoms with Crippen LogP contribution in [0, 0.1) is 0 Å². The highest BCUT2D eigenvalue weighted by atomic mass is 16.5. The summed E-state index contributed by atoms with van der Waals surface area (Å²) in [6, 6.07) is 26.8. The van der Waals surface area contributed by atoms with Crippen LogP contribution in [0.2, 0.25) is 0 Å². The number of aliphatic carboxylic acids is 1. The van der Waals surface area contributed by atoms with Gasteiger partial charge in [-0.25, -0.2) is 14.8 Å². The van der Waals surface area contributed by atoms with Gasteiger partial charge in [0.2, 0.25) is 5.91 Å². The average Bonchev–Trinajstić information content (AvgIpc) is 3.21. The number of amides is 2. The predicted molar refractivity (Wildman–Crippen MR) is 225 cm³/mol. The lowest BCUT2D eigenvalue weighted by Gasteiger charge is -2.25. The summed E-state index contributed by atoms with van der Waals surface area (Å²) in [5.74, 6) is -0.970. The van der Waals surface area contributed by atoms with Gasteiger partial charge in [-0.05, 0) is 92.6 Å². The summed E-state index contributed by atoms with van der Waals surface area (Å²) in [5, 5.41) is 26.1. The Balaban J connectivity index is 1.49. The molecule has 0 saturated carbocycles. The maximum absolute atomic E-state index is 13.8. The van der Waals surface area contributed by atoms with Crippen molar-refractivity contribution >= 4 is 35.9 Å². The first-order valence-corrected chi connectivity index (χ1v) is 19.4. The first-order chi connectivity index (χ1) is 27.5. The molecule has 0 aliphatic rings. The standard InChI is InChI=1S/C46H54N4O7/c1-6-7-8-9-13-28-56-38-24-20-34(21-25-38)32(4)30-48-43(47-5)36-18-16-33(17-19-36)29-40(49-44(52)37-22-26-39(27-23-37)57-31(2)3)45(53)50-41(46(54)55)42(51)35-14-11-10-12-15-35/h10-12,14-27,30-31,40-42,51H,5-9,13,28-29H2,1-4H3,(H,49,52)(H,50,53)(H,54,55)/b32-30+,48-43-/t40-,41?,42?/m0/s1. The number of carbonyl (C=O) groups excluding carboxylic acids is 2. The van der Waals surface area contributed by atoms with Gasteiger partial charge in [-0.1, -0.05) is 99.3 Å². The fraction of sp³-hybridized carbons (Fsp3) is 0.326. The second-order valence-corrected chi connectivity index (χ2v) is 14.0. The highest BCUT2D eigenvalue weighted by Crippen LogP contribution is 2.21. The van der Waals surface area contributed by atoms with Crippen molar-refractivity contribution in [2.24, 2.45) is 9.98 Å². The van der Waals surface area contributed by atoms with Crippen molar-refractivity contribution in [1.82, 2.24) is 10.6 Å². The van der Waals surface area contributed by atoms with Crippen LogP contribution in [0.15, 0.2) is 119 Å². The number of nitrogens with zero attached hydrogens (tertiary/aromatic N) is 2. The van der Waals surface area contributed by atoms with E-state index in [1.807, 2.05) is 45.0 Å². The largest absolute Gasteiger partial charge is 0.494 e. The van der Waals surface area contributed by atoms with E-state index >= 15 is 0 Å². The van der Waals surface area contributed by atoms with E-state index < -0.39 is 36.0 Å². The second kappa shape index (κ2) is 22.5. The normalized spacial score (nSPS) is 13.3. The van der Waals surface area contributed by atoms with E-state index in [1.54, 1.807) is 85.1 Å². The molecule has 0 fully saturated rings. The first-order valence-electron chi connectivity index (χ1n) is 19.4. The molecule has 0 aliphatic heterocycles. The van der Waals surface area contributed by atoms with Crippen molar-refractivity contribution in [3.05, 3.63) is 137 Å². The number of amidine groups is 1. The summed E-state index contributed by atoms with van der Waals surface area (Å²) in [4.78, 5) is 48.2. The van der Waals surface area contributed by atoms with Gasteiger partial charge in [-0.2, -0.15) is 0 Å². The number of allylic oxidation sites excluding steroid dienone is 1. The number of aliphatic imine (C=N–C) groups is 2. The van der Waals surface area contributed by atoms with Crippen molar-refractivity contribution in [3.8, 4) is 11.5 Å². The molecule has 2 unspecified atom stereocenters. The molecule has 0 aliphatic carbocycles. The van der Waals surface area contributed by atoms with E-state index in [9.17, 15) is 24.6 Å². The smallest absolute Gasteiger partial charge is 0.329 e. The molecule has 0 aromatic heterocycles. The Hall–Kier alpha value is -6.07. The highest BCUT2D eigenvalue weighted by Gasteiger charge is 2.32. The lowest BCUT2D eigenvalue weighted by atomic mass is 10.00. The molecule has 0 saturated heterocycles. The number of carboxylic acids is 1. The Morgan fingerprint density at radius 1 is 0.789 bits per heavy atom. The van der Waals surface area contributed by atoms with Gasteiger partial charge in [-0.3, -0.25) is 9.59 Å². The number of hydrogen-bond acceptors (Lipinski definition) is 7. The highest BCUT2D eigenvalue weighted by molar-refractivity contribution is 6.02. The minimum absolute atomic E-state index is 0.00569. The van der Waals surface area contributed by atoms with Crippen LogP contribution in [0.25, 0.3) is 5.57 Å². The fourth-order valence-corrected chi connectivity index (χ4v) is 5.95. The number of ether oxygens (including phenoxy) is 2. The van der Waals surface area contributed by atoms with E-state index in [1.165, 1.54) is 25.7 Å². The lowest BCUT2D eigenvalue weighted by Crippen LogP contribution is -2.54. The monoisotopic (exact) mass is 774 g/mol. The molecule has 11 heteroatoms. The number of carboxylic acid groups (broad SMARTS) is 1. The third-order valence-corrected chi connectivity index (χ3v) is 9.14. The molecule has 4 rings (SSSR count). The van der Waals surface area contributed by atoms with Crippen LogP contribution in [-0.4, -0.2) is 65.3 Å². The van der Waals surface area contributed by atoms with Gasteiger partial charge >= 0.3 is 5.97 Å². The van der Waals surface area contributed by atoms with Crippen LogP contribution in [-0.2, 0) is 16.0 Å². The van der Waals surface area contributed by atoms with Gasteiger partial charge in [0.25, 0.3) is 5.91 Å². The lowest BCUT2D eigenvalue weighted by molar-refractivity contribution is -0.145. The van der Waals surface area contributed by atoms with Crippen molar-refractivity contribution in [3.63, 3.8) is 0 Å². The van der Waals surface area contributed by atoms with Crippen LogP contribution < -0.4 is 20.1 Å². The number of rotatable bonds is 21. The Morgan fingerprint density at radius 2 is 1.40 bits per heavy atom. The molecule has 4 aromatic carbocycles. The van der Waals surface area contributed by atoms with Crippen LogP contribution in [0.4, 0.5) is 0 Å². The van der Waals surface area contributed by atoms with Crippen LogP contribution in [0.3, 0.4) is 0 Å². The second-order valence-electron chi connectivity index (χ2n) is 14.0. The van der Waals surface area contributed by atoms with E-state index in [-0.39, 0.29) is 18.1 Å². The number of unbranched alkanes of at least 4 members (excludes halogenated alkanes) is 4. The number of nitrogens with one attached hydrogen (secondary N) is 2. The van der Waals surface area contributed by atoms with Crippen LogP contribution in [0.1, 0.15) is 98.5 Å². The summed E-state index contributed by atoms with van der Waals surface area (Å²) in [6.45, 7) is 12.3. The van der Waals surface area contributed by atoms with E-state index in [0.717, 1.165) is 23.3 Å². The van der Waals surface area contributed by atoms with Crippen molar-refractivity contribution in [2.75, 3.05) is 6.61 Å². The predicted octanol–water partition coefficient (Wildman–Crippen LogP) is 7.98.